The summed E-state index contributed by atoms with van der Waals surface area (Å²) in [4.78, 5) is 14.7. The summed E-state index contributed by atoms with van der Waals surface area (Å²) < 4.78 is 0. The summed E-state index contributed by atoms with van der Waals surface area (Å²) in [5, 5.41) is 19.1. The molecule has 0 radical (unpaired) electrons. The second-order valence-electron chi connectivity index (χ2n) is 5.96. The summed E-state index contributed by atoms with van der Waals surface area (Å²) >= 11 is 0. The highest BCUT2D eigenvalue weighted by Crippen LogP contribution is 2.04. The summed E-state index contributed by atoms with van der Waals surface area (Å²) in [7, 11) is 0. The first-order valence-corrected chi connectivity index (χ1v) is 9.49. The van der Waals surface area contributed by atoms with E-state index >= 15 is 0 Å². The number of aliphatic carboxylic acids is 1. The molecule has 0 rings (SSSR count). The fourth-order valence-corrected chi connectivity index (χ4v) is 2.17. The Balaban J connectivity index is 3.77. The van der Waals surface area contributed by atoms with Gasteiger partial charge in [-0.3, -0.25) is 5.26 Å². The number of carbonyl (C=O) groups is 1. The summed E-state index contributed by atoms with van der Waals surface area (Å²) in [6, 6.07) is 0. The molecule has 0 aliphatic rings. The quantitative estimate of drug-likeness (QED) is 0.139. The van der Waals surface area contributed by atoms with E-state index in [0.29, 0.717) is 12.8 Å². The van der Waals surface area contributed by atoms with Crippen LogP contribution in [0.2, 0.25) is 0 Å². The van der Waals surface area contributed by atoms with E-state index in [-0.39, 0.29) is 12.5 Å². The number of hydrogen-bond acceptors (Lipinski definition) is 4. The molecule has 146 valence electrons. The molecule has 0 aromatic heterocycles. The monoisotopic (exact) mass is 361 g/mol. The lowest BCUT2D eigenvalue weighted by atomic mass is 10.1. The van der Waals surface area contributed by atoms with Crippen molar-refractivity contribution in [1.82, 2.24) is 0 Å². The van der Waals surface area contributed by atoms with Crippen LogP contribution in [0.3, 0.4) is 0 Å². The molecule has 0 heterocycles. The molecule has 0 fully saturated rings. The van der Waals surface area contributed by atoms with Crippen molar-refractivity contribution in [3.8, 4) is 0 Å². The smallest absolute Gasteiger partial charge is 0.115 e. The highest BCUT2D eigenvalue weighted by Gasteiger charge is 1.99. The SMILES string of the molecule is CC/C=C\C/C=C\CC(/C=C/C=C\C/C=C\CCCCCC(=O)[O-])OO. The number of carboxylic acids is 1. The topological polar surface area (TPSA) is 69.6 Å². The van der Waals surface area contributed by atoms with Gasteiger partial charge in [-0.1, -0.05) is 74.1 Å². The fraction of sp³-hybridized carbons (Fsp3) is 0.500. The van der Waals surface area contributed by atoms with Gasteiger partial charge >= 0.3 is 0 Å². The van der Waals surface area contributed by atoms with Crippen molar-refractivity contribution in [2.75, 3.05) is 0 Å². The van der Waals surface area contributed by atoms with Gasteiger partial charge in [-0.2, -0.15) is 0 Å². The zero-order valence-corrected chi connectivity index (χ0v) is 15.9. The Morgan fingerprint density at radius 3 is 2.42 bits per heavy atom. The normalized spacial score (nSPS) is 13.9. The third-order valence-corrected chi connectivity index (χ3v) is 3.61. The second-order valence-corrected chi connectivity index (χ2v) is 5.96. The fourth-order valence-electron chi connectivity index (χ4n) is 2.17. The molecule has 0 aliphatic carbocycles. The van der Waals surface area contributed by atoms with E-state index in [1.807, 2.05) is 30.4 Å². The van der Waals surface area contributed by atoms with Crippen LogP contribution in [0.5, 0.6) is 0 Å². The molecule has 0 aliphatic heterocycles. The molecule has 1 N–H and O–H groups in total. The van der Waals surface area contributed by atoms with Crippen LogP contribution in [0.25, 0.3) is 0 Å². The zero-order chi connectivity index (χ0) is 19.3. The maximum atomic E-state index is 10.3. The van der Waals surface area contributed by atoms with Crippen molar-refractivity contribution in [3.05, 3.63) is 60.8 Å². The van der Waals surface area contributed by atoms with E-state index < -0.39 is 5.97 Å². The molecule has 0 amide bonds. The Morgan fingerprint density at radius 2 is 1.69 bits per heavy atom. The van der Waals surface area contributed by atoms with Gasteiger partial charge in [0.1, 0.15) is 6.10 Å². The summed E-state index contributed by atoms with van der Waals surface area (Å²) in [6.45, 7) is 2.10. The molecule has 0 saturated heterocycles. The lowest BCUT2D eigenvalue weighted by molar-refractivity contribution is -0.305. The first-order chi connectivity index (χ1) is 12.7. The van der Waals surface area contributed by atoms with E-state index in [1.54, 1.807) is 0 Å². The van der Waals surface area contributed by atoms with Gasteiger partial charge in [0.25, 0.3) is 0 Å². The molecule has 0 aromatic rings. The van der Waals surface area contributed by atoms with Crippen molar-refractivity contribution in [2.45, 2.75) is 70.8 Å². The van der Waals surface area contributed by atoms with Crippen LogP contribution < -0.4 is 5.11 Å². The van der Waals surface area contributed by atoms with E-state index in [1.165, 1.54) is 0 Å². The van der Waals surface area contributed by atoms with Crippen molar-refractivity contribution >= 4 is 5.97 Å². The van der Waals surface area contributed by atoms with Gasteiger partial charge in [0.05, 0.1) is 0 Å². The standard InChI is InChI=1S/C22H34O4/c1-2-3-4-5-12-15-18-21(26-25)19-16-13-10-8-6-7-9-11-14-17-20-22(23)24/h3-4,6-7,10,12-13,15-16,19,21,25H,2,5,8-9,11,14,17-18,20H2,1H3,(H,23,24)/p-1/b4-3-,7-6-,13-10-,15-12-,19-16+. The van der Waals surface area contributed by atoms with Crippen LogP contribution in [0.1, 0.15) is 64.7 Å². The van der Waals surface area contributed by atoms with Crippen LogP contribution in [0.4, 0.5) is 0 Å². The van der Waals surface area contributed by atoms with E-state index in [2.05, 4.69) is 42.2 Å². The Morgan fingerprint density at radius 1 is 0.962 bits per heavy atom. The summed E-state index contributed by atoms with van der Waals surface area (Å²) in [5.74, 6) is -0.965. The Kier molecular flexibility index (Phi) is 18.0. The number of carboxylic acid groups (broad SMARTS) is 1. The molecule has 1 atom stereocenters. The predicted molar refractivity (Wildman–Crippen MR) is 105 cm³/mol. The second kappa shape index (κ2) is 19.4. The Labute approximate surface area is 158 Å². The minimum atomic E-state index is -0.965. The van der Waals surface area contributed by atoms with Crippen molar-refractivity contribution in [3.63, 3.8) is 0 Å². The van der Waals surface area contributed by atoms with Crippen molar-refractivity contribution < 1.29 is 20.0 Å². The van der Waals surface area contributed by atoms with E-state index in [9.17, 15) is 9.90 Å². The van der Waals surface area contributed by atoms with Gasteiger partial charge in [-0.25, -0.2) is 4.89 Å². The summed E-state index contributed by atoms with van der Waals surface area (Å²) in [5.41, 5.74) is 0. The highest BCUT2D eigenvalue weighted by atomic mass is 17.1. The van der Waals surface area contributed by atoms with Crippen LogP contribution in [0, 0.1) is 0 Å². The molecule has 0 saturated carbocycles. The minimum Gasteiger partial charge on any atom is -0.550 e. The van der Waals surface area contributed by atoms with Gasteiger partial charge in [0, 0.05) is 5.97 Å². The molecule has 26 heavy (non-hydrogen) atoms. The number of hydrogen-bond donors (Lipinski definition) is 1. The van der Waals surface area contributed by atoms with Gasteiger partial charge < -0.3 is 9.90 Å². The van der Waals surface area contributed by atoms with Gasteiger partial charge in [0.2, 0.25) is 0 Å². The van der Waals surface area contributed by atoms with Crippen LogP contribution in [-0.2, 0) is 9.68 Å². The molecule has 0 spiro atoms. The first kappa shape index (κ1) is 24.1. The van der Waals surface area contributed by atoms with Crippen LogP contribution in [-0.4, -0.2) is 17.3 Å². The van der Waals surface area contributed by atoms with Gasteiger partial charge in [-0.15, -0.1) is 0 Å². The van der Waals surface area contributed by atoms with Crippen LogP contribution >= 0.6 is 0 Å². The Hall–Kier alpha value is -1.91. The summed E-state index contributed by atoms with van der Waals surface area (Å²) in [6.07, 6.45) is 27.0. The van der Waals surface area contributed by atoms with E-state index in [4.69, 9.17) is 5.26 Å². The maximum absolute atomic E-state index is 10.3. The molecule has 1 unspecified atom stereocenters. The zero-order valence-electron chi connectivity index (χ0n) is 15.9. The molecule has 0 bridgehead atoms. The minimum absolute atomic E-state index is 0.156. The van der Waals surface area contributed by atoms with Crippen molar-refractivity contribution in [1.29, 1.82) is 0 Å². The molecule has 4 heteroatoms. The highest BCUT2D eigenvalue weighted by molar-refractivity contribution is 5.64. The molecular formula is C22H33O4-. The lowest BCUT2D eigenvalue weighted by Crippen LogP contribution is -2.21. The third kappa shape index (κ3) is 18.4. The number of allylic oxidation sites excluding steroid dienone is 8. The van der Waals surface area contributed by atoms with Crippen molar-refractivity contribution in [2.24, 2.45) is 0 Å². The van der Waals surface area contributed by atoms with Crippen LogP contribution in [0.15, 0.2) is 60.8 Å². The number of carbonyl (C=O) groups excluding carboxylic acids is 1. The number of rotatable bonds is 16. The first-order valence-electron chi connectivity index (χ1n) is 9.49. The maximum Gasteiger partial charge on any atom is 0.115 e. The Bertz CT molecular complexity index is 473. The lowest BCUT2D eigenvalue weighted by Gasteiger charge is -2.03. The predicted octanol–water partition coefficient (Wildman–Crippen LogP) is 4.91. The average Bonchev–Trinajstić information content (AvgIpc) is 2.63. The third-order valence-electron chi connectivity index (χ3n) is 3.61. The molecule has 0 aromatic carbocycles. The van der Waals surface area contributed by atoms with Gasteiger partial charge in [-0.05, 0) is 51.4 Å². The largest absolute Gasteiger partial charge is 0.550 e. The molecular weight excluding hydrogens is 328 g/mol. The molecule has 4 nitrogen and oxygen atoms in total. The number of unbranched alkanes of at least 4 members (excludes halogenated alkanes) is 3. The van der Waals surface area contributed by atoms with E-state index in [0.717, 1.165) is 38.5 Å². The average molecular weight is 362 g/mol. The van der Waals surface area contributed by atoms with Gasteiger partial charge in [0.15, 0.2) is 0 Å².